The SMILES string of the molecule is O=C(Cc1cccc(Br)c1)c1cn[nH]n1. The molecule has 0 atom stereocenters. The lowest BCUT2D eigenvalue weighted by Crippen LogP contribution is -2.03. The molecule has 2 rings (SSSR count). The van der Waals surface area contributed by atoms with Crippen molar-refractivity contribution in [2.24, 2.45) is 0 Å². The van der Waals surface area contributed by atoms with Crippen molar-refractivity contribution in [1.82, 2.24) is 15.4 Å². The third-order valence-corrected chi connectivity index (χ3v) is 2.45. The Morgan fingerprint density at radius 2 is 2.33 bits per heavy atom. The topological polar surface area (TPSA) is 58.6 Å². The molecule has 1 aromatic carbocycles. The first kappa shape index (κ1) is 10.0. The summed E-state index contributed by atoms with van der Waals surface area (Å²) < 4.78 is 0.966. The zero-order chi connectivity index (χ0) is 10.7. The summed E-state index contributed by atoms with van der Waals surface area (Å²) in [7, 11) is 0. The second-order valence-electron chi connectivity index (χ2n) is 3.09. The number of carbonyl (C=O) groups excluding carboxylic acids is 1. The van der Waals surface area contributed by atoms with Crippen LogP contribution in [-0.4, -0.2) is 21.2 Å². The van der Waals surface area contributed by atoms with Crippen molar-refractivity contribution >= 4 is 21.7 Å². The van der Waals surface area contributed by atoms with Crippen LogP contribution in [0.25, 0.3) is 0 Å². The molecular weight excluding hydrogens is 258 g/mol. The van der Waals surface area contributed by atoms with Crippen molar-refractivity contribution in [3.63, 3.8) is 0 Å². The lowest BCUT2D eigenvalue weighted by atomic mass is 10.1. The molecule has 76 valence electrons. The van der Waals surface area contributed by atoms with E-state index in [0.29, 0.717) is 12.1 Å². The highest BCUT2D eigenvalue weighted by Gasteiger charge is 2.09. The number of benzene rings is 1. The quantitative estimate of drug-likeness (QED) is 0.864. The molecule has 4 nitrogen and oxygen atoms in total. The Kier molecular flexibility index (Phi) is 2.91. The molecule has 0 saturated heterocycles. The number of Topliss-reactive ketones (excluding diaryl/α,β-unsaturated/α-hetero) is 1. The Hall–Kier alpha value is -1.49. The van der Waals surface area contributed by atoms with Gasteiger partial charge in [-0.1, -0.05) is 28.1 Å². The average Bonchev–Trinajstić information content (AvgIpc) is 2.70. The first-order chi connectivity index (χ1) is 7.25. The van der Waals surface area contributed by atoms with E-state index in [1.54, 1.807) is 0 Å². The Labute approximate surface area is 94.8 Å². The average molecular weight is 266 g/mol. The first-order valence-corrected chi connectivity index (χ1v) is 5.18. The minimum absolute atomic E-state index is 0.0400. The van der Waals surface area contributed by atoms with Gasteiger partial charge in [0.15, 0.2) is 5.78 Å². The van der Waals surface area contributed by atoms with Gasteiger partial charge in [0.2, 0.25) is 0 Å². The minimum atomic E-state index is -0.0400. The number of halogens is 1. The van der Waals surface area contributed by atoms with Gasteiger partial charge in [-0.15, -0.1) is 0 Å². The van der Waals surface area contributed by atoms with E-state index in [1.807, 2.05) is 24.3 Å². The molecule has 2 aromatic rings. The van der Waals surface area contributed by atoms with Gasteiger partial charge in [-0.2, -0.15) is 15.4 Å². The van der Waals surface area contributed by atoms with Gasteiger partial charge in [0.05, 0.1) is 6.20 Å². The summed E-state index contributed by atoms with van der Waals surface area (Å²) in [5.41, 5.74) is 1.33. The number of ketones is 1. The molecule has 0 aliphatic heterocycles. The Morgan fingerprint density at radius 3 is 3.00 bits per heavy atom. The van der Waals surface area contributed by atoms with Gasteiger partial charge in [-0.25, -0.2) is 0 Å². The maximum atomic E-state index is 11.6. The fraction of sp³-hybridized carbons (Fsp3) is 0.100. The zero-order valence-electron chi connectivity index (χ0n) is 7.77. The second kappa shape index (κ2) is 4.35. The van der Waals surface area contributed by atoms with Crippen LogP contribution < -0.4 is 0 Å². The smallest absolute Gasteiger partial charge is 0.189 e. The van der Waals surface area contributed by atoms with Crippen LogP contribution in [0.4, 0.5) is 0 Å². The minimum Gasteiger partial charge on any atom is -0.292 e. The van der Waals surface area contributed by atoms with Crippen LogP contribution in [0.15, 0.2) is 34.9 Å². The summed E-state index contributed by atoms with van der Waals surface area (Å²) >= 11 is 3.36. The van der Waals surface area contributed by atoms with Gasteiger partial charge >= 0.3 is 0 Å². The largest absolute Gasteiger partial charge is 0.292 e. The fourth-order valence-corrected chi connectivity index (χ4v) is 1.71. The standard InChI is InChI=1S/C10H8BrN3O/c11-8-3-1-2-7(4-8)5-10(15)9-6-12-14-13-9/h1-4,6H,5H2,(H,12,13,14). The van der Waals surface area contributed by atoms with Gasteiger partial charge in [0.1, 0.15) is 5.69 Å². The van der Waals surface area contributed by atoms with Crippen molar-refractivity contribution in [2.75, 3.05) is 0 Å². The number of aromatic nitrogens is 3. The molecule has 0 saturated carbocycles. The third kappa shape index (κ3) is 2.50. The zero-order valence-corrected chi connectivity index (χ0v) is 9.36. The van der Waals surface area contributed by atoms with Crippen molar-refractivity contribution in [3.05, 3.63) is 46.2 Å². The van der Waals surface area contributed by atoms with Gasteiger partial charge in [-0.3, -0.25) is 4.79 Å². The molecule has 1 N–H and O–H groups in total. The van der Waals surface area contributed by atoms with E-state index in [4.69, 9.17) is 0 Å². The molecule has 0 unspecified atom stereocenters. The molecule has 0 radical (unpaired) electrons. The van der Waals surface area contributed by atoms with Crippen LogP contribution in [0.3, 0.4) is 0 Å². The van der Waals surface area contributed by atoms with E-state index in [0.717, 1.165) is 10.0 Å². The molecular formula is C10H8BrN3O. The molecule has 0 aliphatic rings. The summed E-state index contributed by atoms with van der Waals surface area (Å²) in [6.45, 7) is 0. The molecule has 0 bridgehead atoms. The summed E-state index contributed by atoms with van der Waals surface area (Å²) in [6, 6.07) is 7.64. The van der Waals surface area contributed by atoms with Crippen LogP contribution in [0.2, 0.25) is 0 Å². The van der Waals surface area contributed by atoms with E-state index < -0.39 is 0 Å². The number of hydrogen-bond acceptors (Lipinski definition) is 3. The number of hydrogen-bond donors (Lipinski definition) is 1. The molecule has 0 aliphatic carbocycles. The van der Waals surface area contributed by atoms with Gasteiger partial charge in [0.25, 0.3) is 0 Å². The highest BCUT2D eigenvalue weighted by molar-refractivity contribution is 9.10. The summed E-state index contributed by atoms with van der Waals surface area (Å²) in [4.78, 5) is 11.6. The highest BCUT2D eigenvalue weighted by Crippen LogP contribution is 2.13. The Balaban J connectivity index is 2.13. The van der Waals surface area contributed by atoms with E-state index in [2.05, 4.69) is 31.3 Å². The number of aromatic amines is 1. The summed E-state index contributed by atoms with van der Waals surface area (Å²) in [6.07, 6.45) is 1.77. The van der Waals surface area contributed by atoms with Crippen LogP contribution in [0.1, 0.15) is 16.1 Å². The first-order valence-electron chi connectivity index (χ1n) is 4.39. The van der Waals surface area contributed by atoms with Gasteiger partial charge in [-0.05, 0) is 17.7 Å². The molecule has 0 amide bonds. The number of nitrogens with one attached hydrogen (secondary N) is 1. The van der Waals surface area contributed by atoms with Crippen LogP contribution in [-0.2, 0) is 6.42 Å². The molecule has 0 fully saturated rings. The van der Waals surface area contributed by atoms with Crippen LogP contribution in [0, 0.1) is 0 Å². The predicted octanol–water partition coefficient (Wildman–Crippen LogP) is 1.99. The van der Waals surface area contributed by atoms with E-state index in [1.165, 1.54) is 6.20 Å². The van der Waals surface area contributed by atoms with Crippen LogP contribution >= 0.6 is 15.9 Å². The van der Waals surface area contributed by atoms with Crippen molar-refractivity contribution in [2.45, 2.75) is 6.42 Å². The van der Waals surface area contributed by atoms with E-state index >= 15 is 0 Å². The molecule has 0 spiro atoms. The van der Waals surface area contributed by atoms with Crippen LogP contribution in [0.5, 0.6) is 0 Å². The predicted molar refractivity (Wildman–Crippen MR) is 58.6 cm³/mol. The van der Waals surface area contributed by atoms with E-state index in [9.17, 15) is 4.79 Å². The Morgan fingerprint density at radius 1 is 1.47 bits per heavy atom. The Bertz CT molecular complexity index is 467. The summed E-state index contributed by atoms with van der Waals surface area (Å²) in [5.74, 6) is -0.0400. The number of nitrogens with zero attached hydrogens (tertiary/aromatic N) is 2. The third-order valence-electron chi connectivity index (χ3n) is 1.95. The van der Waals surface area contributed by atoms with Crippen molar-refractivity contribution < 1.29 is 4.79 Å². The maximum absolute atomic E-state index is 11.6. The second-order valence-corrected chi connectivity index (χ2v) is 4.00. The van der Waals surface area contributed by atoms with E-state index in [-0.39, 0.29) is 5.78 Å². The monoisotopic (exact) mass is 265 g/mol. The maximum Gasteiger partial charge on any atom is 0.189 e. The molecule has 1 aromatic heterocycles. The number of H-pyrrole nitrogens is 1. The fourth-order valence-electron chi connectivity index (χ4n) is 1.26. The molecule has 5 heteroatoms. The van der Waals surface area contributed by atoms with Crippen molar-refractivity contribution in [3.8, 4) is 0 Å². The highest BCUT2D eigenvalue weighted by atomic mass is 79.9. The number of carbonyl (C=O) groups is 1. The molecule has 15 heavy (non-hydrogen) atoms. The van der Waals surface area contributed by atoms with Gasteiger partial charge in [0, 0.05) is 10.9 Å². The lowest BCUT2D eigenvalue weighted by Gasteiger charge is -1.98. The summed E-state index contributed by atoms with van der Waals surface area (Å²) in [5, 5.41) is 9.75. The lowest BCUT2D eigenvalue weighted by molar-refractivity contribution is 0.0988. The number of rotatable bonds is 3. The normalized spacial score (nSPS) is 10.2. The van der Waals surface area contributed by atoms with Gasteiger partial charge < -0.3 is 0 Å². The molecule has 1 heterocycles. The van der Waals surface area contributed by atoms with Crippen molar-refractivity contribution in [1.29, 1.82) is 0 Å².